The molecule has 0 bridgehead atoms. The van der Waals surface area contributed by atoms with Crippen LogP contribution in [0.5, 0.6) is 5.75 Å². The van der Waals surface area contributed by atoms with E-state index in [0.29, 0.717) is 18.0 Å². The Hall–Kier alpha value is -2.92. The second kappa shape index (κ2) is 7.84. The second-order valence-electron chi connectivity index (χ2n) is 7.10. The van der Waals surface area contributed by atoms with Crippen LogP contribution in [-0.2, 0) is 4.79 Å². The number of fused-ring (bicyclic) bond motifs is 1. The zero-order valence-electron chi connectivity index (χ0n) is 16.6. The first-order valence-corrected chi connectivity index (χ1v) is 9.99. The highest BCUT2D eigenvalue weighted by Crippen LogP contribution is 2.38. The van der Waals surface area contributed by atoms with Crippen LogP contribution in [0.1, 0.15) is 42.5 Å². The maximum Gasteiger partial charge on any atom is 0.242 e. The number of benzene rings is 2. The van der Waals surface area contributed by atoms with Crippen molar-refractivity contribution in [2.75, 3.05) is 7.11 Å². The van der Waals surface area contributed by atoms with E-state index < -0.39 is 0 Å². The summed E-state index contributed by atoms with van der Waals surface area (Å²) in [6, 6.07) is 15.4. The van der Waals surface area contributed by atoms with E-state index in [2.05, 4.69) is 4.98 Å². The lowest BCUT2D eigenvalue weighted by Crippen LogP contribution is -2.26. The van der Waals surface area contributed by atoms with Crippen LogP contribution in [-0.4, -0.2) is 28.7 Å². The van der Waals surface area contributed by atoms with Gasteiger partial charge in [-0.3, -0.25) is 4.79 Å². The van der Waals surface area contributed by atoms with E-state index in [-0.39, 0.29) is 11.9 Å². The molecule has 0 N–H and O–H groups in total. The molecule has 2 heterocycles. The number of aromatic nitrogens is 1. The van der Waals surface area contributed by atoms with Gasteiger partial charge in [0.25, 0.3) is 0 Å². The molecule has 0 fully saturated rings. The lowest BCUT2D eigenvalue weighted by atomic mass is 9.96. The molecule has 29 heavy (non-hydrogen) atoms. The summed E-state index contributed by atoms with van der Waals surface area (Å²) in [4.78, 5) is 17.2. The summed E-state index contributed by atoms with van der Waals surface area (Å²) in [5, 5.41) is 7.56. The molecule has 1 unspecified atom stereocenters. The highest BCUT2D eigenvalue weighted by molar-refractivity contribution is 6.30. The van der Waals surface area contributed by atoms with Gasteiger partial charge in [-0.2, -0.15) is 5.10 Å². The fourth-order valence-electron chi connectivity index (χ4n) is 3.71. The number of hydrazone groups is 1. The van der Waals surface area contributed by atoms with Crippen LogP contribution in [0.3, 0.4) is 0 Å². The van der Waals surface area contributed by atoms with Gasteiger partial charge in [-0.1, -0.05) is 42.8 Å². The third-order valence-corrected chi connectivity index (χ3v) is 5.59. The van der Waals surface area contributed by atoms with Crippen molar-refractivity contribution in [3.63, 3.8) is 0 Å². The third kappa shape index (κ3) is 3.58. The third-order valence-electron chi connectivity index (χ3n) is 5.29. The van der Waals surface area contributed by atoms with E-state index in [1.807, 2.05) is 62.4 Å². The topological polar surface area (TPSA) is 54.8 Å². The Bertz CT molecular complexity index is 1130. The minimum Gasteiger partial charge on any atom is -0.497 e. The molecule has 1 aliphatic heterocycles. The maximum absolute atomic E-state index is 12.7. The van der Waals surface area contributed by atoms with E-state index in [4.69, 9.17) is 21.4 Å². The molecule has 1 atom stereocenters. The van der Waals surface area contributed by atoms with Crippen molar-refractivity contribution in [2.24, 2.45) is 5.10 Å². The summed E-state index contributed by atoms with van der Waals surface area (Å²) in [5.41, 5.74) is 4.64. The molecule has 2 aromatic carbocycles. The molecule has 0 radical (unpaired) electrons. The van der Waals surface area contributed by atoms with Gasteiger partial charge in [0, 0.05) is 29.4 Å². The van der Waals surface area contributed by atoms with Gasteiger partial charge in [0.1, 0.15) is 10.9 Å². The number of methoxy groups -OCH3 is 1. The number of carbonyl (C=O) groups is 1. The lowest BCUT2D eigenvalue weighted by Gasteiger charge is -2.22. The molecule has 1 amide bonds. The SMILES string of the molecule is CCC(=O)N1N=C(c2ccccc2C)CC1c1cc2cc(OC)ccc2nc1Cl. The molecule has 5 nitrogen and oxygen atoms in total. The van der Waals surface area contributed by atoms with Crippen LogP contribution >= 0.6 is 11.6 Å². The van der Waals surface area contributed by atoms with Gasteiger partial charge in [0.2, 0.25) is 5.91 Å². The van der Waals surface area contributed by atoms with Crippen molar-refractivity contribution in [1.82, 2.24) is 9.99 Å². The number of rotatable bonds is 4. The smallest absolute Gasteiger partial charge is 0.242 e. The molecular formula is C23H22ClN3O2. The summed E-state index contributed by atoms with van der Waals surface area (Å²) in [6.07, 6.45) is 0.959. The summed E-state index contributed by atoms with van der Waals surface area (Å²) < 4.78 is 5.33. The number of nitrogens with zero attached hydrogens (tertiary/aromatic N) is 3. The van der Waals surface area contributed by atoms with Crippen LogP contribution in [0.25, 0.3) is 10.9 Å². The molecule has 1 aromatic heterocycles. The molecule has 0 aliphatic carbocycles. The number of aryl methyl sites for hydroxylation is 1. The summed E-state index contributed by atoms with van der Waals surface area (Å²) >= 11 is 6.56. The Kier molecular flexibility index (Phi) is 5.24. The van der Waals surface area contributed by atoms with Crippen molar-refractivity contribution in [3.05, 3.63) is 70.4 Å². The Morgan fingerprint density at radius 1 is 1.24 bits per heavy atom. The maximum atomic E-state index is 12.7. The number of ether oxygens (including phenoxy) is 1. The summed E-state index contributed by atoms with van der Waals surface area (Å²) in [6.45, 7) is 3.89. The average molecular weight is 408 g/mol. The Morgan fingerprint density at radius 3 is 2.76 bits per heavy atom. The van der Waals surface area contributed by atoms with Gasteiger partial charge >= 0.3 is 0 Å². The molecule has 3 aromatic rings. The van der Waals surface area contributed by atoms with Gasteiger partial charge < -0.3 is 4.74 Å². The average Bonchev–Trinajstić information content (AvgIpc) is 3.17. The van der Waals surface area contributed by atoms with Crippen molar-refractivity contribution < 1.29 is 9.53 Å². The number of hydrogen-bond donors (Lipinski definition) is 0. The molecule has 1 aliphatic rings. The zero-order valence-corrected chi connectivity index (χ0v) is 17.4. The van der Waals surface area contributed by atoms with Crippen LogP contribution in [0.4, 0.5) is 0 Å². The van der Waals surface area contributed by atoms with Crippen LogP contribution in [0.2, 0.25) is 5.15 Å². The Morgan fingerprint density at radius 2 is 2.03 bits per heavy atom. The summed E-state index contributed by atoms with van der Waals surface area (Å²) in [5.74, 6) is 0.706. The lowest BCUT2D eigenvalue weighted by molar-refractivity contribution is -0.132. The fraction of sp³-hybridized carbons (Fsp3) is 0.261. The van der Waals surface area contributed by atoms with Gasteiger partial charge in [0.05, 0.1) is 24.4 Å². The van der Waals surface area contributed by atoms with Crippen molar-refractivity contribution in [2.45, 2.75) is 32.7 Å². The number of hydrogen-bond acceptors (Lipinski definition) is 4. The van der Waals surface area contributed by atoms with Gasteiger partial charge in [-0.15, -0.1) is 0 Å². The Balaban J connectivity index is 1.80. The minimum atomic E-state index is -0.285. The zero-order chi connectivity index (χ0) is 20.5. The van der Waals surface area contributed by atoms with E-state index in [0.717, 1.165) is 39.1 Å². The first-order valence-electron chi connectivity index (χ1n) is 9.61. The Labute approximate surface area is 175 Å². The largest absolute Gasteiger partial charge is 0.497 e. The first kappa shape index (κ1) is 19.4. The van der Waals surface area contributed by atoms with Crippen molar-refractivity contribution in [1.29, 1.82) is 0 Å². The fourth-order valence-corrected chi connectivity index (χ4v) is 3.98. The number of halogens is 1. The molecular weight excluding hydrogens is 386 g/mol. The van der Waals surface area contributed by atoms with Gasteiger partial charge in [-0.05, 0) is 36.8 Å². The van der Waals surface area contributed by atoms with E-state index in [9.17, 15) is 4.79 Å². The predicted molar refractivity (Wildman–Crippen MR) is 116 cm³/mol. The van der Waals surface area contributed by atoms with Crippen LogP contribution < -0.4 is 4.74 Å². The number of amides is 1. The van der Waals surface area contributed by atoms with E-state index in [1.165, 1.54) is 0 Å². The quantitative estimate of drug-likeness (QED) is 0.552. The monoisotopic (exact) mass is 407 g/mol. The molecule has 4 rings (SSSR count). The van der Waals surface area contributed by atoms with Gasteiger partial charge in [-0.25, -0.2) is 9.99 Å². The second-order valence-corrected chi connectivity index (χ2v) is 7.46. The first-order chi connectivity index (χ1) is 14.0. The van der Waals surface area contributed by atoms with Gasteiger partial charge in [0.15, 0.2) is 0 Å². The predicted octanol–water partition coefficient (Wildman–Crippen LogP) is 5.29. The summed E-state index contributed by atoms with van der Waals surface area (Å²) in [7, 11) is 1.63. The molecule has 148 valence electrons. The molecule has 0 spiro atoms. The molecule has 0 saturated carbocycles. The van der Waals surface area contributed by atoms with E-state index >= 15 is 0 Å². The number of carbonyl (C=O) groups excluding carboxylic acids is 1. The minimum absolute atomic E-state index is 0.0413. The molecule has 6 heteroatoms. The normalized spacial score (nSPS) is 16.2. The highest BCUT2D eigenvalue weighted by atomic mass is 35.5. The van der Waals surface area contributed by atoms with Crippen molar-refractivity contribution >= 4 is 34.1 Å². The highest BCUT2D eigenvalue weighted by Gasteiger charge is 2.34. The standard InChI is InChI=1S/C23H22ClN3O2/c1-4-22(28)27-21(13-20(26-27)17-8-6-5-7-14(17)2)18-12-15-11-16(29-3)9-10-19(15)25-23(18)24/h5-12,21H,4,13H2,1-3H3. The van der Waals surface area contributed by atoms with Crippen LogP contribution in [0.15, 0.2) is 53.6 Å². The number of pyridine rings is 1. The van der Waals surface area contributed by atoms with Crippen molar-refractivity contribution in [3.8, 4) is 5.75 Å². The van der Waals surface area contributed by atoms with Crippen LogP contribution in [0, 0.1) is 6.92 Å². The molecule has 0 saturated heterocycles. The van der Waals surface area contributed by atoms with E-state index in [1.54, 1.807) is 12.1 Å².